The molecule has 0 aromatic carbocycles. The van der Waals surface area contributed by atoms with Gasteiger partial charge >= 0.3 is 5.97 Å². The Hall–Kier alpha value is -1.45. The molecule has 9 heteroatoms. The van der Waals surface area contributed by atoms with Crippen molar-refractivity contribution in [3.05, 3.63) is 12.3 Å². The topological polar surface area (TPSA) is 121 Å². The zero-order valence-corrected chi connectivity index (χ0v) is 10.2. The maximum Gasteiger partial charge on any atom is 0.332 e. The molecule has 3 N–H and O–H groups in total. The molecule has 100 valence electrons. The number of carboxylic acid groups (broad SMARTS) is 1. The zero-order chi connectivity index (χ0) is 13.2. The summed E-state index contributed by atoms with van der Waals surface area (Å²) in [5.74, 6) is -1.02. The number of hydrogen-bond donors (Lipinski definition) is 3. The summed E-state index contributed by atoms with van der Waals surface area (Å²) in [6.45, 7) is 0.0468. The number of nitrogens with one attached hydrogen (secondary N) is 2. The number of H-pyrrole nitrogens is 1. The first-order valence-electron chi connectivity index (χ1n) is 5.36. The van der Waals surface area contributed by atoms with Gasteiger partial charge in [0.05, 0.1) is 12.3 Å². The predicted octanol–water partition coefficient (Wildman–Crippen LogP) is -0.680. The van der Waals surface area contributed by atoms with Gasteiger partial charge in [0.1, 0.15) is 0 Å². The highest BCUT2D eigenvalue weighted by atomic mass is 32.2. The van der Waals surface area contributed by atoms with Crippen LogP contribution in [0.15, 0.2) is 17.3 Å². The van der Waals surface area contributed by atoms with Gasteiger partial charge in [-0.1, -0.05) is 0 Å². The molecule has 8 nitrogen and oxygen atoms in total. The number of hydrogen-bond acceptors (Lipinski definition) is 5. The van der Waals surface area contributed by atoms with E-state index in [0.29, 0.717) is 12.8 Å². The molecule has 1 aromatic heterocycles. The lowest BCUT2D eigenvalue weighted by molar-refractivity contribution is -0.149. The molecule has 2 rings (SSSR count). The summed E-state index contributed by atoms with van der Waals surface area (Å²) in [4.78, 5) is 10.7. The van der Waals surface area contributed by atoms with Gasteiger partial charge < -0.3 is 9.84 Å². The molecule has 1 saturated heterocycles. The number of aliphatic carboxylic acids is 1. The summed E-state index contributed by atoms with van der Waals surface area (Å²) >= 11 is 0. The van der Waals surface area contributed by atoms with Gasteiger partial charge in [0.2, 0.25) is 0 Å². The van der Waals surface area contributed by atoms with Crippen LogP contribution in [0.1, 0.15) is 12.8 Å². The fourth-order valence-corrected chi connectivity index (χ4v) is 2.68. The first kappa shape index (κ1) is 13.0. The van der Waals surface area contributed by atoms with Crippen molar-refractivity contribution in [2.24, 2.45) is 0 Å². The van der Waals surface area contributed by atoms with Crippen LogP contribution >= 0.6 is 0 Å². The van der Waals surface area contributed by atoms with Crippen molar-refractivity contribution in [2.75, 3.05) is 6.54 Å². The first-order chi connectivity index (χ1) is 8.49. The lowest BCUT2D eigenvalue weighted by Gasteiger charge is -2.11. The summed E-state index contributed by atoms with van der Waals surface area (Å²) in [5.41, 5.74) is 0. The molecule has 2 atom stereocenters. The Bertz CT molecular complexity index is 512. The third kappa shape index (κ3) is 2.86. The van der Waals surface area contributed by atoms with Gasteiger partial charge in [0, 0.05) is 6.54 Å². The van der Waals surface area contributed by atoms with Crippen LogP contribution in [-0.2, 0) is 19.6 Å². The average Bonchev–Trinajstić information content (AvgIpc) is 2.98. The van der Waals surface area contributed by atoms with Crippen LogP contribution in [0.3, 0.4) is 0 Å². The van der Waals surface area contributed by atoms with E-state index in [1.54, 1.807) is 0 Å². The van der Waals surface area contributed by atoms with E-state index in [9.17, 15) is 13.2 Å². The highest BCUT2D eigenvalue weighted by molar-refractivity contribution is 7.89. The van der Waals surface area contributed by atoms with E-state index in [2.05, 4.69) is 14.9 Å². The molecule has 18 heavy (non-hydrogen) atoms. The standard InChI is InChI=1S/C9H13N3O5S/c13-9(14)7-2-1-6(17-7)5-11-18(15,16)8-3-4-10-12-8/h3-4,6-7,11H,1-2,5H2,(H,10,12)(H,13,14). The molecule has 0 radical (unpaired) electrons. The average molecular weight is 275 g/mol. The second-order valence-electron chi connectivity index (χ2n) is 3.94. The number of nitrogens with zero attached hydrogens (tertiary/aromatic N) is 1. The lowest BCUT2D eigenvalue weighted by atomic mass is 10.2. The SMILES string of the molecule is O=C(O)C1CCC(CNS(=O)(=O)c2ccn[nH]2)O1. The van der Waals surface area contributed by atoms with Crippen molar-refractivity contribution in [1.82, 2.24) is 14.9 Å². The van der Waals surface area contributed by atoms with Crippen molar-refractivity contribution in [1.29, 1.82) is 0 Å². The molecule has 0 saturated carbocycles. The minimum atomic E-state index is -3.64. The summed E-state index contributed by atoms with van der Waals surface area (Å²) in [6.07, 6.45) is 0.991. The normalized spacial score (nSPS) is 24.2. The maximum atomic E-state index is 11.7. The second-order valence-corrected chi connectivity index (χ2v) is 5.67. The van der Waals surface area contributed by atoms with Crippen molar-refractivity contribution < 1.29 is 23.1 Å². The van der Waals surface area contributed by atoms with E-state index in [1.807, 2.05) is 0 Å². The Morgan fingerprint density at radius 2 is 2.39 bits per heavy atom. The van der Waals surface area contributed by atoms with Gasteiger partial charge in [-0.2, -0.15) is 5.10 Å². The highest BCUT2D eigenvalue weighted by Gasteiger charge is 2.31. The third-order valence-electron chi connectivity index (χ3n) is 2.65. The fourth-order valence-electron chi connectivity index (χ4n) is 1.71. The molecule has 1 aliphatic rings. The molecule has 0 aliphatic carbocycles. The van der Waals surface area contributed by atoms with Crippen molar-refractivity contribution >= 4 is 16.0 Å². The van der Waals surface area contributed by atoms with Crippen LogP contribution in [0.5, 0.6) is 0 Å². The van der Waals surface area contributed by atoms with E-state index in [4.69, 9.17) is 9.84 Å². The number of aromatic amines is 1. The smallest absolute Gasteiger partial charge is 0.332 e. The number of carboxylic acids is 1. The summed E-state index contributed by atoms with van der Waals surface area (Å²) in [6, 6.07) is 1.33. The van der Waals surface area contributed by atoms with Crippen LogP contribution in [0.4, 0.5) is 0 Å². The Labute approximate surface area is 103 Å². The molecular formula is C9H13N3O5S. The van der Waals surface area contributed by atoms with E-state index in [1.165, 1.54) is 12.3 Å². The molecule has 0 amide bonds. The maximum absolute atomic E-state index is 11.7. The Morgan fingerprint density at radius 1 is 1.61 bits per heavy atom. The van der Waals surface area contributed by atoms with E-state index >= 15 is 0 Å². The number of rotatable bonds is 5. The van der Waals surface area contributed by atoms with Crippen LogP contribution in [-0.4, -0.2) is 48.4 Å². The monoisotopic (exact) mass is 275 g/mol. The molecule has 2 heterocycles. The van der Waals surface area contributed by atoms with Crippen LogP contribution in [0, 0.1) is 0 Å². The van der Waals surface area contributed by atoms with E-state index in [-0.39, 0.29) is 11.6 Å². The first-order valence-corrected chi connectivity index (χ1v) is 6.84. The summed E-state index contributed by atoms with van der Waals surface area (Å²) in [5, 5.41) is 14.6. The molecule has 2 unspecified atom stereocenters. The zero-order valence-electron chi connectivity index (χ0n) is 9.37. The third-order valence-corrected chi connectivity index (χ3v) is 4.00. The molecule has 1 aromatic rings. The molecule has 0 bridgehead atoms. The predicted molar refractivity (Wildman–Crippen MR) is 59.3 cm³/mol. The van der Waals surface area contributed by atoms with Gasteiger partial charge in [0.25, 0.3) is 10.0 Å². The van der Waals surface area contributed by atoms with Crippen molar-refractivity contribution in [2.45, 2.75) is 30.1 Å². The number of carbonyl (C=O) groups is 1. The van der Waals surface area contributed by atoms with Crippen molar-refractivity contribution in [3.8, 4) is 0 Å². The van der Waals surface area contributed by atoms with Gasteiger partial charge in [-0.25, -0.2) is 17.9 Å². The van der Waals surface area contributed by atoms with Crippen LogP contribution in [0.2, 0.25) is 0 Å². The summed E-state index contributed by atoms with van der Waals surface area (Å²) < 4.78 is 31.0. The highest BCUT2D eigenvalue weighted by Crippen LogP contribution is 2.19. The van der Waals surface area contributed by atoms with Crippen molar-refractivity contribution in [3.63, 3.8) is 0 Å². The Morgan fingerprint density at radius 3 is 2.94 bits per heavy atom. The number of aromatic nitrogens is 2. The number of sulfonamides is 1. The van der Waals surface area contributed by atoms with E-state index < -0.39 is 28.2 Å². The Kier molecular flexibility index (Phi) is 3.64. The van der Waals surface area contributed by atoms with Crippen LogP contribution in [0.25, 0.3) is 0 Å². The van der Waals surface area contributed by atoms with Gasteiger partial charge in [-0.15, -0.1) is 0 Å². The Balaban J connectivity index is 1.88. The van der Waals surface area contributed by atoms with Gasteiger partial charge in [0.15, 0.2) is 11.1 Å². The lowest BCUT2D eigenvalue weighted by Crippen LogP contribution is -2.33. The van der Waals surface area contributed by atoms with Crippen LogP contribution < -0.4 is 4.72 Å². The number of ether oxygens (including phenoxy) is 1. The molecule has 0 spiro atoms. The minimum Gasteiger partial charge on any atom is -0.479 e. The molecule has 1 aliphatic heterocycles. The van der Waals surface area contributed by atoms with E-state index in [0.717, 1.165) is 0 Å². The molecule has 1 fully saturated rings. The van der Waals surface area contributed by atoms with Gasteiger partial charge in [-0.05, 0) is 18.9 Å². The fraction of sp³-hybridized carbons (Fsp3) is 0.556. The second kappa shape index (κ2) is 5.04. The quantitative estimate of drug-likeness (QED) is 0.654. The van der Waals surface area contributed by atoms with Gasteiger partial charge in [-0.3, -0.25) is 5.10 Å². The minimum absolute atomic E-state index is 0.0321. The largest absolute Gasteiger partial charge is 0.479 e. The molecular weight excluding hydrogens is 262 g/mol. The summed E-state index contributed by atoms with van der Waals surface area (Å²) in [7, 11) is -3.64.